The third-order valence-corrected chi connectivity index (χ3v) is 3.21. The first kappa shape index (κ1) is 13.7. The van der Waals surface area contributed by atoms with Gasteiger partial charge in [0.1, 0.15) is 12.4 Å². The van der Waals surface area contributed by atoms with Crippen LogP contribution in [0.3, 0.4) is 0 Å². The average molecular weight is 259 g/mol. The minimum absolute atomic E-state index is 0.149. The summed E-state index contributed by atoms with van der Waals surface area (Å²) in [5.74, 6) is 1.58. The Hall–Kier alpha value is -1.77. The number of rotatable bonds is 3. The van der Waals surface area contributed by atoms with Crippen molar-refractivity contribution < 1.29 is 9.47 Å². The fourth-order valence-corrected chi connectivity index (χ4v) is 1.81. The summed E-state index contributed by atoms with van der Waals surface area (Å²) < 4.78 is 10.7. The molecule has 0 aliphatic carbocycles. The van der Waals surface area contributed by atoms with E-state index in [1.54, 1.807) is 7.11 Å². The molecule has 0 bridgehead atoms. The van der Waals surface area contributed by atoms with E-state index in [-0.39, 0.29) is 11.5 Å². The van der Waals surface area contributed by atoms with Crippen molar-refractivity contribution >= 4 is 12.0 Å². The van der Waals surface area contributed by atoms with Crippen molar-refractivity contribution in [3.05, 3.63) is 35.9 Å². The first-order chi connectivity index (χ1) is 8.99. The molecule has 3 heteroatoms. The number of hydrogen-bond acceptors (Lipinski definition) is 3. The van der Waals surface area contributed by atoms with Crippen LogP contribution in [0.5, 0.6) is 5.75 Å². The number of nitrogens with zero attached hydrogens (tertiary/aromatic N) is 1. The topological polar surface area (TPSA) is 30.8 Å². The van der Waals surface area contributed by atoms with Crippen LogP contribution < -0.4 is 4.74 Å². The lowest BCUT2D eigenvalue weighted by Gasteiger charge is -2.21. The molecule has 0 aromatic heterocycles. The summed E-state index contributed by atoms with van der Waals surface area (Å²) >= 11 is 0. The van der Waals surface area contributed by atoms with Crippen molar-refractivity contribution in [3.63, 3.8) is 0 Å². The SMILES string of the molecule is COc1ccc(/C=C/C2=N[C@@H](C(C)(C)C)CO2)cc1. The first-order valence-corrected chi connectivity index (χ1v) is 6.52. The molecule has 0 radical (unpaired) electrons. The minimum Gasteiger partial charge on any atom is -0.497 e. The van der Waals surface area contributed by atoms with Crippen molar-refractivity contribution in [1.82, 2.24) is 0 Å². The van der Waals surface area contributed by atoms with Crippen LogP contribution in [0.25, 0.3) is 6.08 Å². The molecular formula is C16H21NO2. The van der Waals surface area contributed by atoms with Crippen LogP contribution in [0.15, 0.2) is 35.3 Å². The van der Waals surface area contributed by atoms with Gasteiger partial charge < -0.3 is 9.47 Å². The maximum Gasteiger partial charge on any atom is 0.209 e. The van der Waals surface area contributed by atoms with Crippen LogP contribution in [-0.4, -0.2) is 25.7 Å². The standard InChI is InChI=1S/C16H21NO2/c1-16(2,3)14-11-19-15(17-14)10-7-12-5-8-13(18-4)9-6-12/h5-10,14H,11H2,1-4H3/b10-7+/t14-/m1/s1. The molecule has 3 nitrogen and oxygen atoms in total. The lowest BCUT2D eigenvalue weighted by atomic mass is 9.88. The van der Waals surface area contributed by atoms with E-state index in [0.29, 0.717) is 6.61 Å². The monoisotopic (exact) mass is 259 g/mol. The highest BCUT2D eigenvalue weighted by molar-refractivity contribution is 5.92. The number of ether oxygens (including phenoxy) is 2. The second-order valence-electron chi connectivity index (χ2n) is 5.77. The third-order valence-electron chi connectivity index (χ3n) is 3.21. The van der Waals surface area contributed by atoms with E-state index in [1.165, 1.54) is 0 Å². The van der Waals surface area contributed by atoms with E-state index in [2.05, 4.69) is 25.8 Å². The fraction of sp³-hybridized carbons (Fsp3) is 0.438. The van der Waals surface area contributed by atoms with Crippen LogP contribution in [0, 0.1) is 5.41 Å². The van der Waals surface area contributed by atoms with Crippen LogP contribution >= 0.6 is 0 Å². The van der Waals surface area contributed by atoms with Crippen molar-refractivity contribution in [2.24, 2.45) is 10.4 Å². The van der Waals surface area contributed by atoms with Gasteiger partial charge in [-0.25, -0.2) is 4.99 Å². The van der Waals surface area contributed by atoms with Crippen LogP contribution in [-0.2, 0) is 4.74 Å². The van der Waals surface area contributed by atoms with E-state index in [0.717, 1.165) is 17.2 Å². The summed E-state index contributed by atoms with van der Waals surface area (Å²) in [5, 5.41) is 0. The van der Waals surface area contributed by atoms with Gasteiger partial charge in [0, 0.05) is 6.08 Å². The van der Waals surface area contributed by atoms with E-state index in [1.807, 2.05) is 36.4 Å². The summed E-state index contributed by atoms with van der Waals surface area (Å²) in [6.07, 6.45) is 3.93. The van der Waals surface area contributed by atoms with Crippen molar-refractivity contribution in [3.8, 4) is 5.75 Å². The number of hydrogen-bond donors (Lipinski definition) is 0. The summed E-state index contributed by atoms with van der Waals surface area (Å²) in [6.45, 7) is 7.22. The first-order valence-electron chi connectivity index (χ1n) is 6.52. The van der Waals surface area contributed by atoms with Gasteiger partial charge in [-0.05, 0) is 29.2 Å². The molecule has 0 unspecified atom stereocenters. The van der Waals surface area contributed by atoms with E-state index < -0.39 is 0 Å². The molecule has 0 spiro atoms. The van der Waals surface area contributed by atoms with Gasteiger partial charge in [0.2, 0.25) is 5.90 Å². The van der Waals surface area contributed by atoms with Crippen molar-refractivity contribution in [1.29, 1.82) is 0 Å². The van der Waals surface area contributed by atoms with Gasteiger partial charge in [0.15, 0.2) is 0 Å². The third kappa shape index (κ3) is 3.60. The molecule has 0 saturated heterocycles. The number of methoxy groups -OCH3 is 1. The molecule has 0 amide bonds. The Kier molecular flexibility index (Phi) is 3.93. The lowest BCUT2D eigenvalue weighted by Crippen LogP contribution is -2.25. The largest absolute Gasteiger partial charge is 0.497 e. The predicted octanol–water partition coefficient (Wildman–Crippen LogP) is 3.55. The summed E-state index contributed by atoms with van der Waals surface area (Å²) in [5.41, 5.74) is 1.25. The molecule has 1 heterocycles. The van der Waals surface area contributed by atoms with Crippen LogP contribution in [0.2, 0.25) is 0 Å². The van der Waals surface area contributed by atoms with E-state index >= 15 is 0 Å². The zero-order chi connectivity index (χ0) is 13.9. The maximum absolute atomic E-state index is 5.60. The Labute approximate surface area is 115 Å². The zero-order valence-electron chi connectivity index (χ0n) is 12.0. The second kappa shape index (κ2) is 5.47. The Morgan fingerprint density at radius 3 is 2.42 bits per heavy atom. The Balaban J connectivity index is 2.03. The molecule has 0 fully saturated rings. The Bertz CT molecular complexity index is 480. The minimum atomic E-state index is 0.149. The predicted molar refractivity (Wildman–Crippen MR) is 78.7 cm³/mol. The molecule has 1 aliphatic rings. The lowest BCUT2D eigenvalue weighted by molar-refractivity contribution is 0.236. The van der Waals surface area contributed by atoms with E-state index in [9.17, 15) is 0 Å². The van der Waals surface area contributed by atoms with Gasteiger partial charge in [-0.15, -0.1) is 0 Å². The Morgan fingerprint density at radius 1 is 1.21 bits per heavy atom. The van der Waals surface area contributed by atoms with Gasteiger partial charge >= 0.3 is 0 Å². The molecule has 0 N–H and O–H groups in total. The normalized spacial score (nSPS) is 19.4. The molecule has 0 saturated carbocycles. The Morgan fingerprint density at radius 2 is 1.89 bits per heavy atom. The molecule has 1 atom stereocenters. The molecule has 2 rings (SSSR count). The molecule has 1 aliphatic heterocycles. The molecule has 1 aromatic rings. The second-order valence-corrected chi connectivity index (χ2v) is 5.77. The highest BCUT2D eigenvalue weighted by Gasteiger charge is 2.29. The quantitative estimate of drug-likeness (QED) is 0.831. The number of benzene rings is 1. The van der Waals surface area contributed by atoms with Crippen LogP contribution in [0.4, 0.5) is 0 Å². The summed E-state index contributed by atoms with van der Waals surface area (Å²) in [4.78, 5) is 4.59. The highest BCUT2D eigenvalue weighted by Crippen LogP contribution is 2.26. The average Bonchev–Trinajstić information content (AvgIpc) is 2.86. The molecule has 1 aromatic carbocycles. The van der Waals surface area contributed by atoms with Gasteiger partial charge in [-0.2, -0.15) is 0 Å². The zero-order valence-corrected chi connectivity index (χ0v) is 12.0. The highest BCUT2D eigenvalue weighted by atomic mass is 16.5. The maximum atomic E-state index is 5.60. The molecule has 19 heavy (non-hydrogen) atoms. The molecule has 102 valence electrons. The van der Waals surface area contributed by atoms with Crippen LogP contribution in [0.1, 0.15) is 26.3 Å². The van der Waals surface area contributed by atoms with Gasteiger partial charge in [0.05, 0.1) is 13.2 Å². The smallest absolute Gasteiger partial charge is 0.209 e. The fourth-order valence-electron chi connectivity index (χ4n) is 1.81. The van der Waals surface area contributed by atoms with E-state index in [4.69, 9.17) is 9.47 Å². The number of aliphatic imine (C=N–C) groups is 1. The van der Waals surface area contributed by atoms with Gasteiger partial charge in [0.25, 0.3) is 0 Å². The van der Waals surface area contributed by atoms with Gasteiger partial charge in [-0.1, -0.05) is 32.9 Å². The molecular weight excluding hydrogens is 238 g/mol. The van der Waals surface area contributed by atoms with Crippen molar-refractivity contribution in [2.75, 3.05) is 13.7 Å². The van der Waals surface area contributed by atoms with Crippen molar-refractivity contribution in [2.45, 2.75) is 26.8 Å². The summed E-state index contributed by atoms with van der Waals surface area (Å²) in [6, 6.07) is 8.13. The van der Waals surface area contributed by atoms with Gasteiger partial charge in [-0.3, -0.25) is 0 Å². The summed E-state index contributed by atoms with van der Waals surface area (Å²) in [7, 11) is 1.67.